The molecule has 21 heavy (non-hydrogen) atoms. The number of amides is 2. The summed E-state index contributed by atoms with van der Waals surface area (Å²) in [5, 5.41) is 5.65. The second kappa shape index (κ2) is 6.72. The zero-order valence-electron chi connectivity index (χ0n) is 12.4. The summed E-state index contributed by atoms with van der Waals surface area (Å²) in [5.74, 6) is -0.116. The molecular formula is C16H23N3O2. The van der Waals surface area contributed by atoms with Crippen molar-refractivity contribution in [2.75, 3.05) is 11.9 Å². The van der Waals surface area contributed by atoms with Gasteiger partial charge in [-0.1, -0.05) is 25.0 Å². The van der Waals surface area contributed by atoms with Crippen molar-refractivity contribution in [1.29, 1.82) is 0 Å². The summed E-state index contributed by atoms with van der Waals surface area (Å²) in [7, 11) is 0. The highest BCUT2D eigenvalue weighted by Crippen LogP contribution is 2.27. The van der Waals surface area contributed by atoms with Crippen LogP contribution >= 0.6 is 0 Å². The van der Waals surface area contributed by atoms with Crippen LogP contribution in [0.3, 0.4) is 0 Å². The van der Waals surface area contributed by atoms with Gasteiger partial charge in [0.05, 0.1) is 5.54 Å². The second-order valence-corrected chi connectivity index (χ2v) is 5.75. The fraction of sp³-hybridized carbons (Fsp3) is 0.500. The zero-order chi connectivity index (χ0) is 15.3. The van der Waals surface area contributed by atoms with Gasteiger partial charge in [0.2, 0.25) is 11.8 Å². The van der Waals surface area contributed by atoms with Crippen LogP contribution in [-0.2, 0) is 16.0 Å². The Labute approximate surface area is 125 Å². The summed E-state index contributed by atoms with van der Waals surface area (Å²) in [5.41, 5.74) is 7.33. The van der Waals surface area contributed by atoms with Crippen LogP contribution in [0.25, 0.3) is 0 Å². The van der Waals surface area contributed by atoms with E-state index in [0.29, 0.717) is 6.54 Å². The molecule has 0 radical (unpaired) electrons. The van der Waals surface area contributed by atoms with E-state index < -0.39 is 5.54 Å². The zero-order valence-corrected chi connectivity index (χ0v) is 12.4. The molecule has 0 heterocycles. The molecule has 2 amide bonds. The van der Waals surface area contributed by atoms with Crippen molar-refractivity contribution in [2.45, 2.75) is 44.6 Å². The molecule has 5 heteroatoms. The lowest BCUT2D eigenvalue weighted by Gasteiger charge is -2.22. The normalized spacial score (nSPS) is 16.5. The summed E-state index contributed by atoms with van der Waals surface area (Å²) in [6.45, 7) is 2.06. The molecule has 0 spiro atoms. The highest BCUT2D eigenvalue weighted by Gasteiger charge is 2.36. The van der Waals surface area contributed by atoms with Gasteiger partial charge >= 0.3 is 0 Å². The van der Waals surface area contributed by atoms with Crippen LogP contribution in [0.2, 0.25) is 0 Å². The molecule has 1 saturated carbocycles. The smallest absolute Gasteiger partial charge is 0.240 e. The molecule has 2 rings (SSSR count). The number of hydrogen-bond acceptors (Lipinski definition) is 3. The monoisotopic (exact) mass is 289 g/mol. The fourth-order valence-electron chi connectivity index (χ4n) is 2.69. The van der Waals surface area contributed by atoms with E-state index in [1.54, 1.807) is 0 Å². The first kappa shape index (κ1) is 15.5. The average Bonchev–Trinajstić information content (AvgIpc) is 2.88. The summed E-state index contributed by atoms with van der Waals surface area (Å²) < 4.78 is 0. The van der Waals surface area contributed by atoms with Gasteiger partial charge in [0, 0.05) is 19.2 Å². The Balaban J connectivity index is 1.78. The molecule has 4 N–H and O–H groups in total. The van der Waals surface area contributed by atoms with Crippen LogP contribution in [0.4, 0.5) is 5.69 Å². The lowest BCUT2D eigenvalue weighted by Crippen LogP contribution is -2.52. The van der Waals surface area contributed by atoms with Crippen LogP contribution in [0.15, 0.2) is 24.3 Å². The van der Waals surface area contributed by atoms with Gasteiger partial charge < -0.3 is 16.4 Å². The largest absolute Gasteiger partial charge is 0.354 e. The topological polar surface area (TPSA) is 84.2 Å². The van der Waals surface area contributed by atoms with E-state index in [1.807, 2.05) is 24.3 Å². The van der Waals surface area contributed by atoms with Gasteiger partial charge in [-0.15, -0.1) is 0 Å². The van der Waals surface area contributed by atoms with Crippen molar-refractivity contribution in [1.82, 2.24) is 5.32 Å². The Bertz CT molecular complexity index is 505. The first-order chi connectivity index (χ1) is 9.99. The van der Waals surface area contributed by atoms with E-state index >= 15 is 0 Å². The Morgan fingerprint density at radius 3 is 2.38 bits per heavy atom. The minimum atomic E-state index is -0.657. The first-order valence-corrected chi connectivity index (χ1v) is 7.43. The highest BCUT2D eigenvalue weighted by molar-refractivity contribution is 5.88. The maximum Gasteiger partial charge on any atom is 0.240 e. The molecule has 1 fully saturated rings. The highest BCUT2D eigenvalue weighted by atomic mass is 16.2. The SMILES string of the molecule is CC(=O)Nc1ccc(CCNC(=O)C2(N)CCCC2)cc1. The van der Waals surface area contributed by atoms with E-state index in [9.17, 15) is 9.59 Å². The Hall–Kier alpha value is -1.88. The van der Waals surface area contributed by atoms with Gasteiger partial charge in [-0.05, 0) is 37.0 Å². The molecule has 1 aliphatic carbocycles. The molecule has 1 aromatic rings. The molecule has 1 aromatic carbocycles. The molecule has 0 aromatic heterocycles. The van der Waals surface area contributed by atoms with E-state index in [2.05, 4.69) is 10.6 Å². The number of nitrogens with one attached hydrogen (secondary N) is 2. The van der Waals surface area contributed by atoms with Gasteiger partial charge in [0.15, 0.2) is 0 Å². The molecule has 0 atom stereocenters. The maximum absolute atomic E-state index is 12.0. The van der Waals surface area contributed by atoms with Gasteiger partial charge in [-0.3, -0.25) is 9.59 Å². The van der Waals surface area contributed by atoms with Crippen molar-refractivity contribution in [3.8, 4) is 0 Å². The Kier molecular flexibility index (Phi) is 4.96. The van der Waals surface area contributed by atoms with Crippen molar-refractivity contribution in [2.24, 2.45) is 5.73 Å². The number of carbonyl (C=O) groups is 2. The van der Waals surface area contributed by atoms with Crippen molar-refractivity contribution < 1.29 is 9.59 Å². The van der Waals surface area contributed by atoms with Crippen molar-refractivity contribution >= 4 is 17.5 Å². The predicted molar refractivity (Wildman–Crippen MR) is 82.8 cm³/mol. The van der Waals surface area contributed by atoms with Gasteiger partial charge in [0.1, 0.15) is 0 Å². The summed E-state index contributed by atoms with van der Waals surface area (Å²) in [6.07, 6.45) is 4.39. The van der Waals surface area contributed by atoms with Gasteiger partial charge in [-0.25, -0.2) is 0 Å². The van der Waals surface area contributed by atoms with Crippen molar-refractivity contribution in [3.63, 3.8) is 0 Å². The number of hydrogen-bond donors (Lipinski definition) is 3. The summed E-state index contributed by atoms with van der Waals surface area (Å²) in [6, 6.07) is 7.62. The predicted octanol–water partition coefficient (Wildman–Crippen LogP) is 1.58. The molecule has 0 aliphatic heterocycles. The maximum atomic E-state index is 12.0. The van der Waals surface area contributed by atoms with Crippen LogP contribution in [0, 0.1) is 0 Å². The molecular weight excluding hydrogens is 266 g/mol. The summed E-state index contributed by atoms with van der Waals surface area (Å²) in [4.78, 5) is 23.0. The molecule has 114 valence electrons. The minimum Gasteiger partial charge on any atom is -0.354 e. The minimum absolute atomic E-state index is 0.0325. The van der Waals surface area contributed by atoms with Crippen LogP contribution in [0.5, 0.6) is 0 Å². The van der Waals surface area contributed by atoms with Crippen LogP contribution in [-0.4, -0.2) is 23.9 Å². The average molecular weight is 289 g/mol. The fourth-order valence-corrected chi connectivity index (χ4v) is 2.69. The number of anilines is 1. The third-order valence-corrected chi connectivity index (χ3v) is 3.92. The molecule has 1 aliphatic rings. The molecule has 5 nitrogen and oxygen atoms in total. The Morgan fingerprint density at radius 1 is 1.19 bits per heavy atom. The first-order valence-electron chi connectivity index (χ1n) is 7.43. The van der Waals surface area contributed by atoms with Crippen LogP contribution in [0.1, 0.15) is 38.2 Å². The molecule has 0 unspecified atom stereocenters. The number of rotatable bonds is 5. The number of nitrogens with two attached hydrogens (primary N) is 1. The van der Waals surface area contributed by atoms with E-state index in [-0.39, 0.29) is 11.8 Å². The number of carbonyl (C=O) groups excluding carboxylic acids is 2. The second-order valence-electron chi connectivity index (χ2n) is 5.75. The van der Waals surface area contributed by atoms with E-state index in [0.717, 1.165) is 43.4 Å². The molecule has 0 saturated heterocycles. The molecule has 0 bridgehead atoms. The van der Waals surface area contributed by atoms with Gasteiger partial charge in [-0.2, -0.15) is 0 Å². The van der Waals surface area contributed by atoms with E-state index in [4.69, 9.17) is 5.73 Å². The quantitative estimate of drug-likeness (QED) is 0.769. The lowest BCUT2D eigenvalue weighted by atomic mass is 9.98. The summed E-state index contributed by atoms with van der Waals surface area (Å²) >= 11 is 0. The van der Waals surface area contributed by atoms with Crippen LogP contribution < -0.4 is 16.4 Å². The third-order valence-electron chi connectivity index (χ3n) is 3.92. The van der Waals surface area contributed by atoms with Gasteiger partial charge in [0.25, 0.3) is 0 Å². The Morgan fingerprint density at radius 2 is 1.81 bits per heavy atom. The lowest BCUT2D eigenvalue weighted by molar-refractivity contribution is -0.126. The van der Waals surface area contributed by atoms with E-state index in [1.165, 1.54) is 6.92 Å². The standard InChI is InChI=1S/C16H23N3O2/c1-12(20)19-14-6-4-13(5-7-14)8-11-18-15(21)16(17)9-2-3-10-16/h4-7H,2-3,8-11,17H2,1H3,(H,18,21)(H,19,20). The third kappa shape index (κ3) is 4.29. The van der Waals surface area contributed by atoms with Crippen molar-refractivity contribution in [3.05, 3.63) is 29.8 Å². The number of benzene rings is 1.